The number of unbranched alkanes of at least 4 members (excludes halogenated alkanes) is 1. The molecule has 3 aromatic rings. The minimum atomic E-state index is -0.137. The normalized spacial score (nSPS) is 10.8. The van der Waals surface area contributed by atoms with E-state index < -0.39 is 0 Å². The summed E-state index contributed by atoms with van der Waals surface area (Å²) in [5, 5.41) is 8.33. The number of amides is 1. The van der Waals surface area contributed by atoms with Gasteiger partial charge in [0.1, 0.15) is 4.88 Å². The molecule has 1 amide bonds. The largest absolute Gasteiger partial charge is 0.304 e. The summed E-state index contributed by atoms with van der Waals surface area (Å²) in [6.07, 6.45) is 9.47. The third kappa shape index (κ3) is 4.76. The van der Waals surface area contributed by atoms with Crippen molar-refractivity contribution in [2.24, 2.45) is 0 Å². The van der Waals surface area contributed by atoms with Gasteiger partial charge in [-0.25, -0.2) is 4.98 Å². The zero-order valence-electron chi connectivity index (χ0n) is 15.1. The molecule has 0 atom stereocenters. The Bertz CT molecular complexity index is 856. The Labute approximate surface area is 157 Å². The molecule has 0 saturated heterocycles. The van der Waals surface area contributed by atoms with Crippen LogP contribution in [-0.4, -0.2) is 25.7 Å². The Balaban J connectivity index is 1.58. The highest BCUT2D eigenvalue weighted by molar-refractivity contribution is 7.13. The van der Waals surface area contributed by atoms with Crippen LogP contribution in [-0.2, 0) is 19.4 Å². The van der Waals surface area contributed by atoms with E-state index in [1.165, 1.54) is 16.9 Å². The summed E-state index contributed by atoms with van der Waals surface area (Å²) in [6, 6.07) is 5.81. The monoisotopic (exact) mass is 369 g/mol. The molecular weight excluding hydrogens is 346 g/mol. The average Bonchev–Trinajstić information content (AvgIpc) is 3.25. The number of hydrogen-bond donors (Lipinski definition) is 1. The van der Waals surface area contributed by atoms with Crippen molar-refractivity contribution in [3.05, 3.63) is 57.9 Å². The lowest BCUT2D eigenvalue weighted by molar-refractivity contribution is 0.102. The van der Waals surface area contributed by atoms with Crippen molar-refractivity contribution < 1.29 is 4.79 Å². The minimum Gasteiger partial charge on any atom is -0.304 e. The van der Waals surface area contributed by atoms with Crippen LogP contribution < -0.4 is 5.32 Å². The number of aryl methyl sites for hydroxylation is 4. The SMILES string of the molecule is CCCCc1nc(C)c(C(=O)Nc2ccn(CCc3ccncc3)n2)s1. The van der Waals surface area contributed by atoms with E-state index in [1.807, 2.05) is 36.0 Å². The maximum Gasteiger partial charge on any atom is 0.268 e. The van der Waals surface area contributed by atoms with Crippen LogP contribution in [0, 0.1) is 6.92 Å². The van der Waals surface area contributed by atoms with Gasteiger partial charge in [-0.05, 0) is 43.9 Å². The molecular formula is C19H23N5OS. The van der Waals surface area contributed by atoms with Crippen molar-refractivity contribution in [2.45, 2.75) is 46.1 Å². The summed E-state index contributed by atoms with van der Waals surface area (Å²) in [5.41, 5.74) is 2.00. The number of carbonyl (C=O) groups is 1. The van der Waals surface area contributed by atoms with E-state index in [-0.39, 0.29) is 5.91 Å². The fourth-order valence-electron chi connectivity index (χ4n) is 2.62. The maximum atomic E-state index is 12.5. The van der Waals surface area contributed by atoms with Crippen molar-refractivity contribution in [1.29, 1.82) is 0 Å². The molecule has 26 heavy (non-hydrogen) atoms. The van der Waals surface area contributed by atoms with Crippen LogP contribution in [0.25, 0.3) is 0 Å². The molecule has 0 spiro atoms. The fourth-order valence-corrected chi connectivity index (χ4v) is 3.62. The van der Waals surface area contributed by atoms with Crippen molar-refractivity contribution in [1.82, 2.24) is 19.7 Å². The lowest BCUT2D eigenvalue weighted by atomic mass is 10.2. The second kappa shape index (κ2) is 8.71. The van der Waals surface area contributed by atoms with Crippen LogP contribution in [0.1, 0.15) is 45.7 Å². The Morgan fingerprint density at radius 3 is 2.81 bits per heavy atom. The zero-order valence-corrected chi connectivity index (χ0v) is 15.9. The third-order valence-electron chi connectivity index (χ3n) is 4.05. The molecule has 3 rings (SSSR count). The molecule has 0 aliphatic heterocycles. The summed E-state index contributed by atoms with van der Waals surface area (Å²) in [4.78, 5) is 21.7. The van der Waals surface area contributed by atoms with Crippen molar-refractivity contribution in [2.75, 3.05) is 5.32 Å². The number of anilines is 1. The highest BCUT2D eigenvalue weighted by atomic mass is 32.1. The van der Waals surface area contributed by atoms with Crippen LogP contribution in [0.4, 0.5) is 5.82 Å². The molecule has 0 aliphatic rings. The highest BCUT2D eigenvalue weighted by Gasteiger charge is 2.16. The van der Waals surface area contributed by atoms with E-state index in [4.69, 9.17) is 0 Å². The van der Waals surface area contributed by atoms with E-state index >= 15 is 0 Å². The van der Waals surface area contributed by atoms with Gasteiger partial charge in [-0.3, -0.25) is 14.5 Å². The van der Waals surface area contributed by atoms with Gasteiger partial charge in [-0.1, -0.05) is 13.3 Å². The topological polar surface area (TPSA) is 72.7 Å². The van der Waals surface area contributed by atoms with Crippen molar-refractivity contribution in [3.8, 4) is 0 Å². The first kappa shape index (κ1) is 18.3. The van der Waals surface area contributed by atoms with E-state index in [9.17, 15) is 4.79 Å². The smallest absolute Gasteiger partial charge is 0.268 e. The Kier molecular flexibility index (Phi) is 6.12. The van der Waals surface area contributed by atoms with Gasteiger partial charge in [0.2, 0.25) is 0 Å². The summed E-state index contributed by atoms with van der Waals surface area (Å²) in [6.45, 7) is 4.79. The van der Waals surface area contributed by atoms with Gasteiger partial charge >= 0.3 is 0 Å². The van der Waals surface area contributed by atoms with Crippen LogP contribution in [0.15, 0.2) is 36.8 Å². The summed E-state index contributed by atoms with van der Waals surface area (Å²) in [5.74, 6) is 0.426. The summed E-state index contributed by atoms with van der Waals surface area (Å²) >= 11 is 1.48. The van der Waals surface area contributed by atoms with E-state index in [0.717, 1.165) is 42.9 Å². The van der Waals surface area contributed by atoms with Gasteiger partial charge in [-0.2, -0.15) is 5.10 Å². The van der Waals surface area contributed by atoms with Gasteiger partial charge in [-0.15, -0.1) is 11.3 Å². The molecule has 1 N–H and O–H groups in total. The molecule has 0 fully saturated rings. The fraction of sp³-hybridized carbons (Fsp3) is 0.368. The molecule has 0 radical (unpaired) electrons. The molecule has 0 saturated carbocycles. The average molecular weight is 369 g/mol. The van der Waals surface area contributed by atoms with Crippen LogP contribution in [0.3, 0.4) is 0 Å². The zero-order chi connectivity index (χ0) is 18.4. The predicted molar refractivity (Wildman–Crippen MR) is 104 cm³/mol. The number of carbonyl (C=O) groups excluding carboxylic acids is 1. The number of rotatable bonds is 8. The Hall–Kier alpha value is -2.54. The quantitative estimate of drug-likeness (QED) is 0.654. The predicted octanol–water partition coefficient (Wildman–Crippen LogP) is 3.88. The number of aromatic nitrogens is 4. The Morgan fingerprint density at radius 2 is 2.04 bits per heavy atom. The molecule has 6 nitrogen and oxygen atoms in total. The van der Waals surface area contributed by atoms with Gasteiger partial charge in [0.15, 0.2) is 5.82 Å². The van der Waals surface area contributed by atoms with Crippen LogP contribution in [0.2, 0.25) is 0 Å². The number of thiazole rings is 1. The summed E-state index contributed by atoms with van der Waals surface area (Å²) in [7, 11) is 0. The van der Waals surface area contributed by atoms with Crippen LogP contribution >= 0.6 is 11.3 Å². The second-order valence-corrected chi connectivity index (χ2v) is 7.23. The molecule has 0 aromatic carbocycles. The number of nitrogens with one attached hydrogen (secondary N) is 1. The second-order valence-electron chi connectivity index (χ2n) is 6.15. The maximum absolute atomic E-state index is 12.5. The van der Waals surface area contributed by atoms with Gasteiger partial charge < -0.3 is 5.32 Å². The van der Waals surface area contributed by atoms with E-state index in [0.29, 0.717) is 10.7 Å². The molecule has 3 heterocycles. The number of hydrogen-bond acceptors (Lipinski definition) is 5. The molecule has 0 unspecified atom stereocenters. The minimum absolute atomic E-state index is 0.137. The Morgan fingerprint density at radius 1 is 1.23 bits per heavy atom. The lowest BCUT2D eigenvalue weighted by Crippen LogP contribution is -2.12. The summed E-state index contributed by atoms with van der Waals surface area (Å²) < 4.78 is 1.84. The molecule has 0 aliphatic carbocycles. The van der Waals surface area contributed by atoms with Crippen LogP contribution in [0.5, 0.6) is 0 Å². The molecule has 7 heteroatoms. The van der Waals surface area contributed by atoms with Gasteiger partial charge in [0.05, 0.1) is 10.7 Å². The first-order chi connectivity index (χ1) is 12.7. The first-order valence-corrected chi connectivity index (χ1v) is 9.67. The third-order valence-corrected chi connectivity index (χ3v) is 5.27. The molecule has 3 aromatic heterocycles. The number of pyridine rings is 1. The molecule has 0 bridgehead atoms. The highest BCUT2D eigenvalue weighted by Crippen LogP contribution is 2.21. The molecule has 136 valence electrons. The van der Waals surface area contributed by atoms with Gasteiger partial charge in [0, 0.05) is 31.2 Å². The van der Waals surface area contributed by atoms with E-state index in [2.05, 4.69) is 27.3 Å². The number of nitrogens with zero attached hydrogens (tertiary/aromatic N) is 4. The van der Waals surface area contributed by atoms with Gasteiger partial charge in [0.25, 0.3) is 5.91 Å². The van der Waals surface area contributed by atoms with Crippen molar-refractivity contribution in [3.63, 3.8) is 0 Å². The van der Waals surface area contributed by atoms with Crippen molar-refractivity contribution >= 4 is 23.1 Å². The lowest BCUT2D eigenvalue weighted by Gasteiger charge is -2.02. The first-order valence-electron chi connectivity index (χ1n) is 8.85. The van der Waals surface area contributed by atoms with E-state index in [1.54, 1.807) is 12.4 Å². The standard InChI is InChI=1S/C19H23N5OS/c1-3-4-5-17-21-14(2)18(26-17)19(25)22-16-9-13-24(23-16)12-8-15-6-10-20-11-7-15/h6-7,9-11,13H,3-5,8,12H2,1-2H3,(H,22,23,25).